The normalized spacial score (nSPS) is 14.4. The molecule has 1 aliphatic rings. The Morgan fingerprint density at radius 1 is 0.667 bits per heavy atom. The minimum Gasteiger partial charge on any atom is -0.496 e. The Morgan fingerprint density at radius 3 is 1.61 bits per heavy atom. The van der Waals surface area contributed by atoms with Crippen LogP contribution in [0.4, 0.5) is 11.4 Å². The zero-order chi connectivity index (χ0) is 23.4. The Balaban J connectivity index is 1.80. The Hall–Kier alpha value is -2.94. The van der Waals surface area contributed by atoms with Crippen LogP contribution in [0, 0.1) is 0 Å². The fraction of sp³-hybridized carbons (Fsp3) is 0.400. The molecule has 3 aromatic carbocycles. The minimum atomic E-state index is 0.186. The average molecular weight is 443 g/mol. The fourth-order valence-corrected chi connectivity index (χ4v) is 5.17. The number of benzene rings is 3. The largest absolute Gasteiger partial charge is 0.496 e. The van der Waals surface area contributed by atoms with Crippen molar-refractivity contribution in [3.63, 3.8) is 0 Å². The van der Waals surface area contributed by atoms with Crippen LogP contribution in [0.3, 0.4) is 0 Å². The molecule has 3 aromatic rings. The minimum absolute atomic E-state index is 0.186. The van der Waals surface area contributed by atoms with Gasteiger partial charge in [0, 0.05) is 45.5 Å². The maximum atomic E-state index is 5.82. The second kappa shape index (κ2) is 10.3. The molecule has 0 saturated heterocycles. The van der Waals surface area contributed by atoms with Crippen LogP contribution in [0.5, 0.6) is 5.75 Å². The summed E-state index contributed by atoms with van der Waals surface area (Å²) in [6.07, 6.45) is 6.52. The molecule has 0 aliphatic heterocycles. The van der Waals surface area contributed by atoms with E-state index in [2.05, 4.69) is 105 Å². The summed E-state index contributed by atoms with van der Waals surface area (Å²) in [6, 6.07) is 24.9. The molecule has 0 N–H and O–H groups in total. The monoisotopic (exact) mass is 442 g/mol. The van der Waals surface area contributed by atoms with Crippen LogP contribution in [0.1, 0.15) is 66.2 Å². The van der Waals surface area contributed by atoms with Gasteiger partial charge in [0.15, 0.2) is 0 Å². The molecule has 0 radical (unpaired) electrons. The van der Waals surface area contributed by atoms with Gasteiger partial charge in [0.2, 0.25) is 0 Å². The number of hydrogen-bond donors (Lipinski definition) is 0. The third kappa shape index (κ3) is 5.19. The molecule has 1 fully saturated rings. The second-order valence-corrected chi connectivity index (χ2v) is 9.74. The number of rotatable bonds is 7. The molecular formula is C30H38N2O. The van der Waals surface area contributed by atoms with Crippen molar-refractivity contribution in [2.24, 2.45) is 0 Å². The van der Waals surface area contributed by atoms with Crippen LogP contribution in [0.15, 0.2) is 66.7 Å². The van der Waals surface area contributed by atoms with Crippen molar-refractivity contribution >= 4 is 11.4 Å². The van der Waals surface area contributed by atoms with E-state index in [0.29, 0.717) is 5.92 Å². The summed E-state index contributed by atoms with van der Waals surface area (Å²) in [5.41, 5.74) is 7.80. The standard InChI is InChI=1S/C30H38N2O/c1-31(2)26-16-11-23(12-17-26)30(24-13-18-27(19-14-24)32(3)4)25-15-20-29(33-5)28(21-25)22-9-7-6-8-10-22/h11-22,30H,6-10H2,1-5H3. The highest BCUT2D eigenvalue weighted by atomic mass is 16.5. The third-order valence-corrected chi connectivity index (χ3v) is 7.12. The highest BCUT2D eigenvalue weighted by molar-refractivity contribution is 5.54. The van der Waals surface area contributed by atoms with Crippen LogP contribution < -0.4 is 14.5 Å². The highest BCUT2D eigenvalue weighted by Crippen LogP contribution is 2.41. The number of hydrogen-bond acceptors (Lipinski definition) is 3. The highest BCUT2D eigenvalue weighted by Gasteiger charge is 2.23. The van der Waals surface area contributed by atoms with E-state index in [1.165, 1.54) is 65.7 Å². The second-order valence-electron chi connectivity index (χ2n) is 9.74. The first-order valence-electron chi connectivity index (χ1n) is 12.2. The van der Waals surface area contributed by atoms with E-state index in [0.717, 1.165) is 5.75 Å². The molecule has 0 aromatic heterocycles. The maximum Gasteiger partial charge on any atom is 0.122 e. The van der Waals surface area contributed by atoms with Gasteiger partial charge in [-0.15, -0.1) is 0 Å². The van der Waals surface area contributed by atoms with Gasteiger partial charge in [-0.1, -0.05) is 55.7 Å². The zero-order valence-electron chi connectivity index (χ0n) is 20.8. The fourth-order valence-electron chi connectivity index (χ4n) is 5.17. The lowest BCUT2D eigenvalue weighted by Crippen LogP contribution is -2.11. The Bertz CT molecular complexity index is 980. The number of ether oxygens (including phenoxy) is 1. The predicted octanol–water partition coefficient (Wildman–Crippen LogP) is 7.06. The molecule has 1 saturated carbocycles. The van der Waals surface area contributed by atoms with Gasteiger partial charge in [-0.25, -0.2) is 0 Å². The summed E-state index contributed by atoms with van der Waals surface area (Å²) in [5.74, 6) is 1.82. The van der Waals surface area contributed by atoms with E-state index in [9.17, 15) is 0 Å². The van der Waals surface area contributed by atoms with Gasteiger partial charge < -0.3 is 14.5 Å². The maximum absolute atomic E-state index is 5.82. The van der Waals surface area contributed by atoms with Gasteiger partial charge in [-0.3, -0.25) is 0 Å². The molecule has 0 unspecified atom stereocenters. The molecule has 4 rings (SSSR count). The summed E-state index contributed by atoms with van der Waals surface area (Å²) >= 11 is 0. The smallest absolute Gasteiger partial charge is 0.122 e. The molecule has 0 bridgehead atoms. The van der Waals surface area contributed by atoms with Gasteiger partial charge in [-0.05, 0) is 71.3 Å². The van der Waals surface area contributed by atoms with Gasteiger partial charge in [-0.2, -0.15) is 0 Å². The van der Waals surface area contributed by atoms with Crippen LogP contribution in [0.2, 0.25) is 0 Å². The van der Waals surface area contributed by atoms with Gasteiger partial charge in [0.05, 0.1) is 7.11 Å². The lowest BCUT2D eigenvalue weighted by Gasteiger charge is -2.27. The van der Waals surface area contributed by atoms with E-state index in [1.54, 1.807) is 7.11 Å². The van der Waals surface area contributed by atoms with Crippen LogP contribution in [0.25, 0.3) is 0 Å². The quantitative estimate of drug-likeness (QED) is 0.364. The summed E-state index contributed by atoms with van der Waals surface area (Å²) in [5, 5.41) is 0. The van der Waals surface area contributed by atoms with Gasteiger partial charge in [0.25, 0.3) is 0 Å². The van der Waals surface area contributed by atoms with E-state index < -0.39 is 0 Å². The number of methoxy groups -OCH3 is 1. The lowest BCUT2D eigenvalue weighted by atomic mass is 9.80. The molecule has 3 heteroatoms. The van der Waals surface area contributed by atoms with E-state index in [-0.39, 0.29) is 5.92 Å². The van der Waals surface area contributed by atoms with E-state index >= 15 is 0 Å². The first-order valence-corrected chi connectivity index (χ1v) is 12.2. The Kier molecular flexibility index (Phi) is 7.27. The molecular weight excluding hydrogens is 404 g/mol. The molecule has 3 nitrogen and oxygen atoms in total. The third-order valence-electron chi connectivity index (χ3n) is 7.12. The predicted molar refractivity (Wildman–Crippen MR) is 141 cm³/mol. The van der Waals surface area contributed by atoms with Crippen molar-refractivity contribution in [1.29, 1.82) is 0 Å². The summed E-state index contributed by atoms with van der Waals surface area (Å²) in [7, 11) is 10.2. The average Bonchev–Trinajstić information content (AvgIpc) is 2.85. The van der Waals surface area contributed by atoms with Gasteiger partial charge >= 0.3 is 0 Å². The van der Waals surface area contributed by atoms with Crippen molar-refractivity contribution < 1.29 is 4.74 Å². The van der Waals surface area contributed by atoms with Crippen molar-refractivity contribution in [3.05, 3.63) is 89.0 Å². The van der Waals surface area contributed by atoms with Crippen LogP contribution >= 0.6 is 0 Å². The molecule has 0 heterocycles. The molecule has 0 spiro atoms. The number of nitrogens with zero attached hydrogens (tertiary/aromatic N) is 2. The SMILES string of the molecule is COc1ccc(C(c2ccc(N(C)C)cc2)c2ccc(N(C)C)cc2)cc1C1CCCCC1. The number of anilines is 2. The first kappa shape index (κ1) is 23.2. The van der Waals surface area contributed by atoms with Crippen LogP contribution in [-0.2, 0) is 0 Å². The topological polar surface area (TPSA) is 15.7 Å². The van der Waals surface area contributed by atoms with E-state index in [1.807, 2.05) is 0 Å². The van der Waals surface area contributed by atoms with Crippen molar-refractivity contribution in [3.8, 4) is 5.75 Å². The summed E-state index contributed by atoms with van der Waals surface area (Å²) in [4.78, 5) is 4.30. The Labute approximate surface area is 200 Å². The zero-order valence-corrected chi connectivity index (χ0v) is 20.8. The molecule has 0 atom stereocenters. The van der Waals surface area contributed by atoms with Gasteiger partial charge in [0.1, 0.15) is 5.75 Å². The van der Waals surface area contributed by atoms with Crippen LogP contribution in [-0.4, -0.2) is 35.3 Å². The molecule has 174 valence electrons. The van der Waals surface area contributed by atoms with Crippen molar-refractivity contribution in [2.75, 3.05) is 45.1 Å². The molecule has 1 aliphatic carbocycles. The summed E-state index contributed by atoms with van der Waals surface area (Å²) in [6.45, 7) is 0. The molecule has 0 amide bonds. The van der Waals surface area contributed by atoms with Crippen molar-refractivity contribution in [1.82, 2.24) is 0 Å². The lowest BCUT2D eigenvalue weighted by molar-refractivity contribution is 0.387. The first-order chi connectivity index (χ1) is 16.0. The Morgan fingerprint density at radius 2 is 1.15 bits per heavy atom. The van der Waals surface area contributed by atoms with Crippen molar-refractivity contribution in [2.45, 2.75) is 43.9 Å². The summed E-state index contributed by atoms with van der Waals surface area (Å²) < 4.78 is 5.82. The molecule has 33 heavy (non-hydrogen) atoms. The van der Waals surface area contributed by atoms with E-state index in [4.69, 9.17) is 4.74 Å².